The summed E-state index contributed by atoms with van der Waals surface area (Å²) in [4.78, 5) is 10.5. The highest BCUT2D eigenvalue weighted by Crippen LogP contribution is 2.29. The summed E-state index contributed by atoms with van der Waals surface area (Å²) in [6.45, 7) is 0. The second-order valence-corrected chi connectivity index (χ2v) is 4.29. The maximum Gasteiger partial charge on any atom is 0.337 e. The third-order valence-electron chi connectivity index (χ3n) is 1.55. The predicted molar refractivity (Wildman–Crippen MR) is 53.0 cm³/mol. The van der Waals surface area contributed by atoms with Gasteiger partial charge in [-0.25, -0.2) is 4.79 Å². The summed E-state index contributed by atoms with van der Waals surface area (Å²) in [5.41, 5.74) is -0.304. The maximum absolute atomic E-state index is 10.6. The van der Waals surface area contributed by atoms with E-state index >= 15 is 0 Å². The molecule has 0 atom stereocenters. The van der Waals surface area contributed by atoms with Gasteiger partial charge in [0.05, 0.1) is 15.5 Å². The SMILES string of the molecule is O=C(O)C1=CC(=S(=O)=O)CC(Cl)=C1Cl. The lowest BCUT2D eigenvalue weighted by Crippen LogP contribution is -2.11. The molecule has 0 fully saturated rings. The average Bonchev–Trinajstić information content (AvgIpc) is 2.08. The average molecular weight is 255 g/mol. The molecule has 0 heterocycles. The Balaban J connectivity index is 3.38. The number of hydrogen-bond donors (Lipinski definition) is 1. The highest BCUT2D eigenvalue weighted by atomic mass is 35.5. The van der Waals surface area contributed by atoms with Crippen molar-refractivity contribution >= 4 is 44.3 Å². The fourth-order valence-corrected chi connectivity index (χ4v) is 1.92. The largest absolute Gasteiger partial charge is 0.478 e. The van der Waals surface area contributed by atoms with Crippen LogP contribution in [0, 0.1) is 0 Å². The van der Waals surface area contributed by atoms with Crippen LogP contribution in [0.2, 0.25) is 0 Å². The van der Waals surface area contributed by atoms with Crippen molar-refractivity contribution < 1.29 is 18.3 Å². The van der Waals surface area contributed by atoms with Crippen LogP contribution in [-0.2, 0) is 15.1 Å². The van der Waals surface area contributed by atoms with E-state index < -0.39 is 16.3 Å². The molecule has 0 saturated heterocycles. The van der Waals surface area contributed by atoms with Crippen molar-refractivity contribution in [2.24, 2.45) is 0 Å². The van der Waals surface area contributed by atoms with E-state index in [-0.39, 0.29) is 26.9 Å². The number of carboxylic acids is 1. The van der Waals surface area contributed by atoms with Gasteiger partial charge in [-0.1, -0.05) is 23.2 Å². The molecule has 7 heteroatoms. The molecule has 0 unspecified atom stereocenters. The smallest absolute Gasteiger partial charge is 0.337 e. The standard InChI is InChI=1S/C7H4Cl2O4S/c8-5-2-3(14(12)13)1-4(6(5)9)7(10)11/h1H,2H2,(H,10,11). The zero-order chi connectivity index (χ0) is 10.9. The van der Waals surface area contributed by atoms with Crippen LogP contribution in [0.5, 0.6) is 0 Å². The van der Waals surface area contributed by atoms with Gasteiger partial charge in [0.1, 0.15) is 0 Å². The molecular weight excluding hydrogens is 251 g/mol. The molecule has 1 N–H and O–H groups in total. The van der Waals surface area contributed by atoms with Crippen molar-refractivity contribution in [1.82, 2.24) is 0 Å². The molecule has 4 nitrogen and oxygen atoms in total. The zero-order valence-corrected chi connectivity index (χ0v) is 8.95. The van der Waals surface area contributed by atoms with E-state index in [2.05, 4.69) is 0 Å². The van der Waals surface area contributed by atoms with E-state index in [4.69, 9.17) is 28.3 Å². The van der Waals surface area contributed by atoms with Gasteiger partial charge in [-0.15, -0.1) is 0 Å². The molecule has 0 saturated carbocycles. The van der Waals surface area contributed by atoms with Gasteiger partial charge in [0.15, 0.2) is 0 Å². The van der Waals surface area contributed by atoms with Crippen LogP contribution in [0.25, 0.3) is 0 Å². The van der Waals surface area contributed by atoms with Gasteiger partial charge in [0, 0.05) is 11.5 Å². The fourth-order valence-electron chi connectivity index (χ4n) is 0.915. The Labute approximate surface area is 91.0 Å². The Bertz CT molecular complexity index is 476. The Morgan fingerprint density at radius 2 is 2.00 bits per heavy atom. The lowest BCUT2D eigenvalue weighted by atomic mass is 10.1. The first-order chi connectivity index (χ1) is 6.43. The molecule has 0 aromatic carbocycles. The zero-order valence-electron chi connectivity index (χ0n) is 6.62. The molecule has 1 rings (SSSR count). The van der Waals surface area contributed by atoms with Crippen molar-refractivity contribution in [2.75, 3.05) is 0 Å². The summed E-state index contributed by atoms with van der Waals surface area (Å²) in [5, 5.41) is 8.57. The normalized spacial score (nSPS) is 16.7. The molecule has 0 radical (unpaired) electrons. The van der Waals surface area contributed by atoms with Crippen molar-refractivity contribution in [2.45, 2.75) is 6.42 Å². The predicted octanol–water partition coefficient (Wildman–Crippen LogP) is 1.14. The van der Waals surface area contributed by atoms with Crippen LogP contribution in [-0.4, -0.2) is 24.4 Å². The summed E-state index contributed by atoms with van der Waals surface area (Å²) < 4.78 is 21.2. The van der Waals surface area contributed by atoms with Gasteiger partial charge < -0.3 is 5.11 Å². The third-order valence-corrected chi connectivity index (χ3v) is 3.10. The Morgan fingerprint density at radius 3 is 2.43 bits per heavy atom. The molecule has 0 spiro atoms. The minimum atomic E-state index is -2.48. The molecule has 0 aromatic heterocycles. The Morgan fingerprint density at radius 1 is 1.43 bits per heavy atom. The van der Waals surface area contributed by atoms with E-state index in [9.17, 15) is 13.2 Å². The molecular formula is C7H4Cl2O4S. The first-order valence-corrected chi connectivity index (χ1v) is 5.21. The number of hydrogen-bond acceptors (Lipinski definition) is 3. The second-order valence-electron chi connectivity index (χ2n) is 2.46. The van der Waals surface area contributed by atoms with Gasteiger partial charge in [0.25, 0.3) is 0 Å². The summed E-state index contributed by atoms with van der Waals surface area (Å²) in [6.07, 6.45) is 0.937. The molecule has 0 amide bonds. The number of halogens is 2. The fraction of sp³-hybridized carbons (Fsp3) is 0.143. The summed E-state index contributed by atoms with van der Waals surface area (Å²) in [5.74, 6) is -1.31. The third kappa shape index (κ3) is 2.17. The lowest BCUT2D eigenvalue weighted by Gasteiger charge is -2.09. The molecule has 0 aromatic rings. The van der Waals surface area contributed by atoms with Crippen molar-refractivity contribution in [3.63, 3.8) is 0 Å². The quantitative estimate of drug-likeness (QED) is 0.713. The molecule has 0 bridgehead atoms. The van der Waals surface area contributed by atoms with Crippen LogP contribution in [0.1, 0.15) is 6.42 Å². The number of aliphatic carboxylic acids is 1. The van der Waals surface area contributed by atoms with Crippen LogP contribution in [0.15, 0.2) is 21.7 Å². The Hall–Kier alpha value is -0.780. The van der Waals surface area contributed by atoms with Crippen LogP contribution in [0.4, 0.5) is 0 Å². The van der Waals surface area contributed by atoms with Gasteiger partial charge >= 0.3 is 5.97 Å². The van der Waals surface area contributed by atoms with Crippen LogP contribution >= 0.6 is 23.2 Å². The van der Waals surface area contributed by atoms with Crippen molar-refractivity contribution in [3.05, 3.63) is 21.7 Å². The number of allylic oxidation sites excluding steroid dienone is 2. The topological polar surface area (TPSA) is 71.4 Å². The molecule has 14 heavy (non-hydrogen) atoms. The van der Waals surface area contributed by atoms with Gasteiger partial charge in [-0.05, 0) is 6.08 Å². The van der Waals surface area contributed by atoms with E-state index in [0.29, 0.717) is 0 Å². The van der Waals surface area contributed by atoms with Crippen molar-refractivity contribution in [3.8, 4) is 0 Å². The van der Waals surface area contributed by atoms with Gasteiger partial charge in [-0.2, -0.15) is 8.42 Å². The second kappa shape index (κ2) is 4.16. The Kier molecular flexibility index (Phi) is 3.36. The minimum absolute atomic E-state index is 0.0192. The molecule has 1 aliphatic carbocycles. The van der Waals surface area contributed by atoms with Crippen LogP contribution in [0.3, 0.4) is 0 Å². The van der Waals surface area contributed by atoms with Gasteiger partial charge in [-0.3, -0.25) is 0 Å². The summed E-state index contributed by atoms with van der Waals surface area (Å²) in [6, 6.07) is 0. The van der Waals surface area contributed by atoms with E-state index in [1.165, 1.54) is 0 Å². The van der Waals surface area contributed by atoms with Gasteiger partial charge in [0.2, 0.25) is 10.3 Å². The molecule has 76 valence electrons. The summed E-state index contributed by atoms with van der Waals surface area (Å²) >= 11 is 11.2. The highest BCUT2D eigenvalue weighted by Gasteiger charge is 2.22. The molecule has 0 aliphatic heterocycles. The van der Waals surface area contributed by atoms with Crippen LogP contribution < -0.4 is 0 Å². The lowest BCUT2D eigenvalue weighted by molar-refractivity contribution is -0.132. The number of carbonyl (C=O) groups is 1. The first-order valence-electron chi connectivity index (χ1n) is 3.38. The van der Waals surface area contributed by atoms with E-state index in [1.807, 2.05) is 0 Å². The highest BCUT2D eigenvalue weighted by molar-refractivity contribution is 7.73. The number of carboxylic acid groups (broad SMARTS) is 1. The number of rotatable bonds is 1. The minimum Gasteiger partial charge on any atom is -0.478 e. The van der Waals surface area contributed by atoms with Crippen molar-refractivity contribution in [1.29, 1.82) is 0 Å². The molecule has 1 aliphatic rings. The van der Waals surface area contributed by atoms with E-state index in [0.717, 1.165) is 6.08 Å². The first kappa shape index (κ1) is 11.3. The monoisotopic (exact) mass is 254 g/mol. The summed E-state index contributed by atoms with van der Waals surface area (Å²) in [7, 11) is -2.48. The maximum atomic E-state index is 10.6. The van der Waals surface area contributed by atoms with E-state index in [1.54, 1.807) is 0 Å².